The van der Waals surface area contributed by atoms with E-state index in [1.54, 1.807) is 0 Å². The van der Waals surface area contributed by atoms with Crippen LogP contribution in [0.2, 0.25) is 0 Å². The van der Waals surface area contributed by atoms with Crippen LogP contribution in [0.15, 0.2) is 12.1 Å². The largest absolute Gasteiger partial charge is 0.481 e. The van der Waals surface area contributed by atoms with E-state index in [1.807, 2.05) is 38.1 Å². The number of rotatable bonds is 5. The second kappa shape index (κ2) is 5.48. The number of aryl methyl sites for hydroxylation is 1. The zero-order chi connectivity index (χ0) is 14.0. The van der Waals surface area contributed by atoms with E-state index in [0.29, 0.717) is 12.3 Å². The van der Waals surface area contributed by atoms with Gasteiger partial charge >= 0.3 is 5.97 Å². The molecule has 1 aromatic rings. The maximum atomic E-state index is 11.0. The van der Waals surface area contributed by atoms with Crippen molar-refractivity contribution in [2.24, 2.45) is 0 Å². The molecule has 0 aliphatic carbocycles. The molecule has 1 unspecified atom stereocenters. The van der Waals surface area contributed by atoms with E-state index in [9.17, 15) is 4.79 Å². The SMILES string of the molecule is Cc1cc2c(cc1C(CC(=O)O)CN(C)C)OCO2. The molecule has 0 bridgehead atoms. The summed E-state index contributed by atoms with van der Waals surface area (Å²) in [5.41, 5.74) is 2.05. The van der Waals surface area contributed by atoms with Crippen LogP contribution in [0.4, 0.5) is 0 Å². The molecule has 1 heterocycles. The molecule has 0 spiro atoms. The first kappa shape index (κ1) is 13.7. The van der Waals surface area contributed by atoms with Crippen LogP contribution >= 0.6 is 0 Å². The first-order valence-corrected chi connectivity index (χ1v) is 6.24. The van der Waals surface area contributed by atoms with Crippen molar-refractivity contribution in [3.63, 3.8) is 0 Å². The Labute approximate surface area is 112 Å². The van der Waals surface area contributed by atoms with Gasteiger partial charge < -0.3 is 19.5 Å². The van der Waals surface area contributed by atoms with Gasteiger partial charge in [-0.1, -0.05) is 0 Å². The number of benzene rings is 1. The van der Waals surface area contributed by atoms with Crippen molar-refractivity contribution >= 4 is 5.97 Å². The van der Waals surface area contributed by atoms with Crippen LogP contribution in [-0.2, 0) is 4.79 Å². The number of nitrogens with zero attached hydrogens (tertiary/aromatic N) is 1. The lowest BCUT2D eigenvalue weighted by Gasteiger charge is -2.22. The summed E-state index contributed by atoms with van der Waals surface area (Å²) >= 11 is 0. The predicted molar refractivity (Wildman–Crippen MR) is 70.8 cm³/mol. The van der Waals surface area contributed by atoms with Gasteiger partial charge in [-0.05, 0) is 44.3 Å². The Bertz CT molecular complexity index is 485. The van der Waals surface area contributed by atoms with Crippen molar-refractivity contribution in [2.45, 2.75) is 19.3 Å². The molecule has 0 radical (unpaired) electrons. The van der Waals surface area contributed by atoms with Crippen molar-refractivity contribution in [2.75, 3.05) is 27.4 Å². The molecule has 1 atom stereocenters. The Morgan fingerprint density at radius 1 is 1.37 bits per heavy atom. The maximum absolute atomic E-state index is 11.0. The second-order valence-corrected chi connectivity index (χ2v) is 5.12. The maximum Gasteiger partial charge on any atom is 0.304 e. The fourth-order valence-corrected chi connectivity index (χ4v) is 2.42. The lowest BCUT2D eigenvalue weighted by Crippen LogP contribution is -2.23. The van der Waals surface area contributed by atoms with E-state index >= 15 is 0 Å². The summed E-state index contributed by atoms with van der Waals surface area (Å²) in [5, 5.41) is 9.07. The van der Waals surface area contributed by atoms with Gasteiger partial charge in [-0.25, -0.2) is 0 Å². The van der Waals surface area contributed by atoms with Crippen molar-refractivity contribution in [3.8, 4) is 11.5 Å². The normalized spacial score (nSPS) is 14.7. The highest BCUT2D eigenvalue weighted by Crippen LogP contribution is 2.37. The third-order valence-electron chi connectivity index (χ3n) is 3.21. The molecule has 0 fully saturated rings. The van der Waals surface area contributed by atoms with Crippen LogP contribution in [0.3, 0.4) is 0 Å². The summed E-state index contributed by atoms with van der Waals surface area (Å²) in [6.45, 7) is 2.89. The molecule has 0 saturated heterocycles. The minimum absolute atomic E-state index is 0.0537. The van der Waals surface area contributed by atoms with Crippen LogP contribution < -0.4 is 9.47 Å². The van der Waals surface area contributed by atoms with E-state index < -0.39 is 5.97 Å². The lowest BCUT2D eigenvalue weighted by molar-refractivity contribution is -0.137. The molecular weight excluding hydrogens is 246 g/mol. The zero-order valence-corrected chi connectivity index (χ0v) is 11.5. The Morgan fingerprint density at radius 3 is 2.58 bits per heavy atom. The topological polar surface area (TPSA) is 59.0 Å². The molecule has 1 aliphatic rings. The van der Waals surface area contributed by atoms with Crippen molar-refractivity contribution < 1.29 is 19.4 Å². The van der Waals surface area contributed by atoms with Gasteiger partial charge in [-0.3, -0.25) is 4.79 Å². The van der Waals surface area contributed by atoms with Gasteiger partial charge in [0.25, 0.3) is 0 Å². The fraction of sp³-hybridized carbons (Fsp3) is 0.500. The zero-order valence-electron chi connectivity index (χ0n) is 11.5. The van der Waals surface area contributed by atoms with Gasteiger partial charge in [0.15, 0.2) is 11.5 Å². The average molecular weight is 265 g/mol. The van der Waals surface area contributed by atoms with Crippen molar-refractivity contribution in [3.05, 3.63) is 23.3 Å². The first-order chi connectivity index (χ1) is 8.97. The van der Waals surface area contributed by atoms with Gasteiger partial charge in [-0.15, -0.1) is 0 Å². The van der Waals surface area contributed by atoms with E-state index in [-0.39, 0.29) is 19.1 Å². The molecule has 19 heavy (non-hydrogen) atoms. The molecule has 1 N–H and O–H groups in total. The van der Waals surface area contributed by atoms with Gasteiger partial charge in [0.2, 0.25) is 6.79 Å². The Balaban J connectivity index is 2.32. The van der Waals surface area contributed by atoms with Gasteiger partial charge in [0, 0.05) is 12.5 Å². The molecule has 104 valence electrons. The van der Waals surface area contributed by atoms with E-state index in [1.165, 1.54) is 0 Å². The molecule has 0 amide bonds. The van der Waals surface area contributed by atoms with Crippen LogP contribution in [0.1, 0.15) is 23.5 Å². The van der Waals surface area contributed by atoms with Crippen molar-refractivity contribution in [1.82, 2.24) is 4.90 Å². The standard InChI is InChI=1S/C14H19NO4/c1-9-4-12-13(19-8-18-12)6-11(9)10(5-14(16)17)7-15(2)3/h4,6,10H,5,7-8H2,1-3H3,(H,16,17). The van der Waals surface area contributed by atoms with Crippen molar-refractivity contribution in [1.29, 1.82) is 0 Å². The van der Waals surface area contributed by atoms with Crippen LogP contribution in [-0.4, -0.2) is 43.4 Å². The number of carbonyl (C=O) groups is 1. The number of aliphatic carboxylic acids is 1. The van der Waals surface area contributed by atoms with Crippen LogP contribution in [0, 0.1) is 6.92 Å². The third-order valence-corrected chi connectivity index (χ3v) is 3.21. The number of hydrogen-bond acceptors (Lipinski definition) is 4. The Morgan fingerprint density at radius 2 is 2.00 bits per heavy atom. The second-order valence-electron chi connectivity index (χ2n) is 5.12. The fourth-order valence-electron chi connectivity index (χ4n) is 2.42. The lowest BCUT2D eigenvalue weighted by atomic mass is 9.91. The molecule has 0 saturated carbocycles. The minimum atomic E-state index is -0.788. The van der Waals surface area contributed by atoms with Crippen LogP contribution in [0.25, 0.3) is 0 Å². The number of fused-ring (bicyclic) bond motifs is 1. The monoisotopic (exact) mass is 265 g/mol. The molecule has 2 rings (SSSR count). The highest BCUT2D eigenvalue weighted by molar-refractivity contribution is 5.68. The molecule has 5 nitrogen and oxygen atoms in total. The summed E-state index contributed by atoms with van der Waals surface area (Å²) in [7, 11) is 3.88. The summed E-state index contributed by atoms with van der Waals surface area (Å²) in [6.07, 6.45) is 0.110. The van der Waals surface area contributed by atoms with Gasteiger partial charge in [0.05, 0.1) is 6.42 Å². The highest BCUT2D eigenvalue weighted by Gasteiger charge is 2.23. The molecular formula is C14H19NO4. The smallest absolute Gasteiger partial charge is 0.304 e. The van der Waals surface area contributed by atoms with E-state index in [2.05, 4.69) is 0 Å². The molecule has 0 aromatic heterocycles. The average Bonchev–Trinajstić information content (AvgIpc) is 2.72. The van der Waals surface area contributed by atoms with Gasteiger partial charge in [0.1, 0.15) is 0 Å². The Kier molecular flexibility index (Phi) is 3.95. The van der Waals surface area contributed by atoms with Gasteiger partial charge in [-0.2, -0.15) is 0 Å². The summed E-state index contributed by atoms with van der Waals surface area (Å²) < 4.78 is 10.7. The van der Waals surface area contributed by atoms with Crippen LogP contribution in [0.5, 0.6) is 11.5 Å². The molecule has 1 aromatic carbocycles. The molecule has 1 aliphatic heterocycles. The highest BCUT2D eigenvalue weighted by atomic mass is 16.7. The molecule has 5 heteroatoms. The Hall–Kier alpha value is -1.75. The first-order valence-electron chi connectivity index (χ1n) is 6.24. The summed E-state index contributed by atoms with van der Waals surface area (Å²) in [5.74, 6) is 0.598. The quantitative estimate of drug-likeness (QED) is 0.880. The van der Waals surface area contributed by atoms with E-state index in [4.69, 9.17) is 14.6 Å². The number of ether oxygens (including phenoxy) is 2. The summed E-state index contributed by atoms with van der Waals surface area (Å²) in [6, 6.07) is 3.83. The van der Waals surface area contributed by atoms with E-state index in [0.717, 1.165) is 16.9 Å². The number of likely N-dealkylation sites (N-methyl/N-ethyl adjacent to an activating group) is 1. The summed E-state index contributed by atoms with van der Waals surface area (Å²) in [4.78, 5) is 13.0. The number of hydrogen-bond donors (Lipinski definition) is 1. The number of carboxylic acids is 1. The third kappa shape index (κ3) is 3.17. The number of carboxylic acid groups (broad SMARTS) is 1. The predicted octanol–water partition coefficient (Wildman–Crippen LogP) is 1.84. The minimum Gasteiger partial charge on any atom is -0.481 e.